The van der Waals surface area contributed by atoms with E-state index in [0.29, 0.717) is 0 Å². The Labute approximate surface area is 72.0 Å². The highest BCUT2D eigenvalue weighted by Crippen LogP contribution is 2.07. The quantitative estimate of drug-likeness (QED) is 0.397. The van der Waals surface area contributed by atoms with Gasteiger partial charge in [-0.05, 0) is 26.3 Å². The van der Waals surface area contributed by atoms with Crippen molar-refractivity contribution in [3.63, 3.8) is 0 Å². The number of aliphatic hydroxyl groups excluding tert-OH is 1. The van der Waals surface area contributed by atoms with Crippen LogP contribution >= 0.6 is 0 Å². The van der Waals surface area contributed by atoms with E-state index < -0.39 is 6.04 Å². The number of nitrogens with zero attached hydrogens (tertiary/aromatic N) is 3. The first-order chi connectivity index (χ1) is 5.49. The van der Waals surface area contributed by atoms with E-state index in [9.17, 15) is 0 Å². The second kappa shape index (κ2) is 4.98. The standard InChI is InChI=1S/C7H15N3O2/c1-7(2,3)12-5-6(4-11)9-10-8/h6,11H,4-5H2,1-3H3. The van der Waals surface area contributed by atoms with E-state index in [1.54, 1.807) is 0 Å². The molecular weight excluding hydrogens is 158 g/mol. The molecule has 1 unspecified atom stereocenters. The van der Waals surface area contributed by atoms with Crippen molar-refractivity contribution in [3.05, 3.63) is 10.4 Å². The van der Waals surface area contributed by atoms with Crippen LogP contribution in [-0.4, -0.2) is 30.0 Å². The van der Waals surface area contributed by atoms with Crippen molar-refractivity contribution < 1.29 is 9.84 Å². The molecule has 0 amide bonds. The van der Waals surface area contributed by atoms with Crippen molar-refractivity contribution in [2.24, 2.45) is 5.11 Å². The minimum Gasteiger partial charge on any atom is -0.396 e. The Morgan fingerprint density at radius 1 is 1.58 bits per heavy atom. The number of hydrogen-bond acceptors (Lipinski definition) is 3. The molecule has 0 aromatic carbocycles. The van der Waals surface area contributed by atoms with Crippen LogP contribution in [0.5, 0.6) is 0 Å². The van der Waals surface area contributed by atoms with E-state index in [-0.39, 0.29) is 18.8 Å². The average Bonchev–Trinajstić information content (AvgIpc) is 1.96. The van der Waals surface area contributed by atoms with Gasteiger partial charge < -0.3 is 9.84 Å². The van der Waals surface area contributed by atoms with E-state index >= 15 is 0 Å². The highest BCUT2D eigenvalue weighted by atomic mass is 16.5. The number of rotatable bonds is 4. The fourth-order valence-electron chi connectivity index (χ4n) is 0.542. The first-order valence-electron chi connectivity index (χ1n) is 3.78. The molecule has 0 aromatic rings. The van der Waals surface area contributed by atoms with Crippen LogP contribution in [0, 0.1) is 0 Å². The average molecular weight is 173 g/mol. The minimum atomic E-state index is -0.478. The summed E-state index contributed by atoms with van der Waals surface area (Å²) in [4.78, 5) is 2.59. The van der Waals surface area contributed by atoms with E-state index in [1.807, 2.05) is 20.8 Å². The van der Waals surface area contributed by atoms with Gasteiger partial charge in [0, 0.05) is 4.91 Å². The fraction of sp³-hybridized carbons (Fsp3) is 1.00. The van der Waals surface area contributed by atoms with Gasteiger partial charge in [0.25, 0.3) is 0 Å². The van der Waals surface area contributed by atoms with E-state index in [4.69, 9.17) is 15.4 Å². The van der Waals surface area contributed by atoms with Gasteiger partial charge in [-0.25, -0.2) is 0 Å². The zero-order valence-corrected chi connectivity index (χ0v) is 7.69. The Morgan fingerprint density at radius 3 is 2.50 bits per heavy atom. The van der Waals surface area contributed by atoms with Gasteiger partial charge >= 0.3 is 0 Å². The summed E-state index contributed by atoms with van der Waals surface area (Å²) in [7, 11) is 0. The smallest absolute Gasteiger partial charge is 0.0839 e. The Kier molecular flexibility index (Phi) is 4.66. The van der Waals surface area contributed by atoms with Crippen LogP contribution < -0.4 is 0 Å². The number of azide groups is 1. The molecule has 0 aliphatic carbocycles. The Hall–Kier alpha value is -0.770. The van der Waals surface area contributed by atoms with Gasteiger partial charge in [0.05, 0.1) is 24.9 Å². The van der Waals surface area contributed by atoms with Crippen LogP contribution in [0.15, 0.2) is 5.11 Å². The van der Waals surface area contributed by atoms with Gasteiger partial charge in [-0.1, -0.05) is 5.11 Å². The monoisotopic (exact) mass is 173 g/mol. The Balaban J connectivity index is 3.80. The van der Waals surface area contributed by atoms with E-state index in [0.717, 1.165) is 0 Å². The molecule has 0 saturated carbocycles. The maximum atomic E-state index is 8.71. The zero-order valence-electron chi connectivity index (χ0n) is 7.69. The molecule has 0 aliphatic heterocycles. The van der Waals surface area contributed by atoms with Crippen LogP contribution in [0.2, 0.25) is 0 Å². The van der Waals surface area contributed by atoms with Crippen LogP contribution in [0.3, 0.4) is 0 Å². The van der Waals surface area contributed by atoms with Crippen molar-refractivity contribution in [1.29, 1.82) is 0 Å². The largest absolute Gasteiger partial charge is 0.396 e. The summed E-state index contributed by atoms with van der Waals surface area (Å²) in [6.07, 6.45) is 0. The molecule has 0 radical (unpaired) electrons. The van der Waals surface area contributed by atoms with Crippen LogP contribution in [0.25, 0.3) is 10.4 Å². The second-order valence-electron chi connectivity index (χ2n) is 3.46. The fourth-order valence-corrected chi connectivity index (χ4v) is 0.542. The predicted molar refractivity (Wildman–Crippen MR) is 45.7 cm³/mol. The van der Waals surface area contributed by atoms with Gasteiger partial charge in [0.2, 0.25) is 0 Å². The lowest BCUT2D eigenvalue weighted by atomic mass is 10.2. The minimum absolute atomic E-state index is 0.180. The molecule has 70 valence electrons. The Morgan fingerprint density at radius 2 is 2.17 bits per heavy atom. The lowest BCUT2D eigenvalue weighted by Crippen LogP contribution is -2.26. The van der Waals surface area contributed by atoms with Crippen LogP contribution in [0.4, 0.5) is 0 Å². The third-order valence-electron chi connectivity index (χ3n) is 1.13. The summed E-state index contributed by atoms with van der Waals surface area (Å²) in [5.74, 6) is 0. The molecule has 0 saturated heterocycles. The van der Waals surface area contributed by atoms with Crippen molar-refractivity contribution in [3.8, 4) is 0 Å². The molecule has 5 nitrogen and oxygen atoms in total. The van der Waals surface area contributed by atoms with Gasteiger partial charge in [0.1, 0.15) is 0 Å². The summed E-state index contributed by atoms with van der Waals surface area (Å²) >= 11 is 0. The third kappa shape index (κ3) is 5.97. The molecular formula is C7H15N3O2. The predicted octanol–water partition coefficient (Wildman–Crippen LogP) is 1.47. The second-order valence-corrected chi connectivity index (χ2v) is 3.46. The SMILES string of the molecule is CC(C)(C)OCC(CO)N=[N+]=[N-]. The molecule has 1 N–H and O–H groups in total. The molecule has 0 heterocycles. The molecule has 0 fully saturated rings. The molecule has 1 atom stereocenters. The topological polar surface area (TPSA) is 78.2 Å². The zero-order chi connectivity index (χ0) is 9.61. The summed E-state index contributed by atoms with van der Waals surface area (Å²) in [5, 5.41) is 12.1. The first kappa shape index (κ1) is 11.2. The van der Waals surface area contributed by atoms with Gasteiger partial charge in [-0.3, -0.25) is 0 Å². The summed E-state index contributed by atoms with van der Waals surface area (Å²) in [6.45, 7) is 5.77. The number of ether oxygens (including phenoxy) is 1. The molecule has 0 bridgehead atoms. The van der Waals surface area contributed by atoms with Gasteiger partial charge in [-0.15, -0.1) is 0 Å². The van der Waals surface area contributed by atoms with E-state index in [1.165, 1.54) is 0 Å². The van der Waals surface area contributed by atoms with Gasteiger partial charge in [0.15, 0.2) is 0 Å². The summed E-state index contributed by atoms with van der Waals surface area (Å²) < 4.78 is 5.31. The van der Waals surface area contributed by atoms with Crippen molar-refractivity contribution >= 4 is 0 Å². The number of hydrogen-bond donors (Lipinski definition) is 1. The lowest BCUT2D eigenvalue weighted by molar-refractivity contribution is -0.0157. The lowest BCUT2D eigenvalue weighted by Gasteiger charge is -2.21. The van der Waals surface area contributed by atoms with E-state index in [2.05, 4.69) is 10.0 Å². The van der Waals surface area contributed by atoms with Crippen molar-refractivity contribution in [2.75, 3.05) is 13.2 Å². The number of aliphatic hydroxyl groups is 1. The molecule has 5 heteroatoms. The molecule has 0 aromatic heterocycles. The van der Waals surface area contributed by atoms with Crippen LogP contribution in [-0.2, 0) is 4.74 Å². The first-order valence-corrected chi connectivity index (χ1v) is 3.78. The maximum Gasteiger partial charge on any atom is 0.0839 e. The highest BCUT2D eigenvalue weighted by molar-refractivity contribution is 4.67. The van der Waals surface area contributed by atoms with Crippen LogP contribution in [0.1, 0.15) is 20.8 Å². The summed E-state index contributed by atoms with van der Waals surface area (Å²) in [5.41, 5.74) is 7.82. The molecule has 0 rings (SSSR count). The van der Waals surface area contributed by atoms with Crippen molar-refractivity contribution in [2.45, 2.75) is 32.4 Å². The Bertz CT molecular complexity index is 170. The maximum absolute atomic E-state index is 8.71. The van der Waals surface area contributed by atoms with Crippen molar-refractivity contribution in [1.82, 2.24) is 0 Å². The van der Waals surface area contributed by atoms with Gasteiger partial charge in [-0.2, -0.15) is 0 Å². The molecule has 12 heavy (non-hydrogen) atoms. The highest BCUT2D eigenvalue weighted by Gasteiger charge is 2.13. The third-order valence-corrected chi connectivity index (χ3v) is 1.13. The summed E-state index contributed by atoms with van der Waals surface area (Å²) in [6, 6.07) is -0.478. The molecule has 0 aliphatic rings. The molecule has 0 spiro atoms. The normalized spacial score (nSPS) is 13.7.